The summed E-state index contributed by atoms with van der Waals surface area (Å²) < 4.78 is 9.83. The van der Waals surface area contributed by atoms with Gasteiger partial charge in [0, 0.05) is 0 Å². The molecule has 0 radical (unpaired) electrons. The fraction of sp³-hybridized carbons (Fsp3) is 0.333. The molecule has 0 aliphatic carbocycles. The van der Waals surface area contributed by atoms with Crippen molar-refractivity contribution >= 4 is 23.8 Å². The lowest BCUT2D eigenvalue weighted by atomic mass is 9.89. The average Bonchev–Trinajstić information content (AvgIpc) is 2.78. The lowest BCUT2D eigenvalue weighted by molar-refractivity contribution is -0.160. The predicted octanol–water partition coefficient (Wildman–Crippen LogP) is 2.52. The van der Waals surface area contributed by atoms with Crippen molar-refractivity contribution < 1.29 is 33.8 Å². The monoisotopic (exact) mass is 441 g/mol. The fourth-order valence-electron chi connectivity index (χ4n) is 3.34. The van der Waals surface area contributed by atoms with Gasteiger partial charge in [0.15, 0.2) is 0 Å². The summed E-state index contributed by atoms with van der Waals surface area (Å²) in [7, 11) is 0. The van der Waals surface area contributed by atoms with Crippen molar-refractivity contribution in [1.82, 2.24) is 5.32 Å². The Morgan fingerprint density at radius 3 is 1.78 bits per heavy atom. The molecule has 170 valence electrons. The van der Waals surface area contributed by atoms with E-state index in [0.29, 0.717) is 11.1 Å². The van der Waals surface area contributed by atoms with Gasteiger partial charge in [0.05, 0.1) is 31.5 Å². The summed E-state index contributed by atoms with van der Waals surface area (Å²) in [5.74, 6) is -5.99. The number of carboxylic acids is 1. The lowest BCUT2D eigenvalue weighted by Crippen LogP contribution is -2.51. The maximum atomic E-state index is 13.3. The largest absolute Gasteiger partial charge is 0.480 e. The summed E-state index contributed by atoms with van der Waals surface area (Å²) in [5, 5.41) is 12.3. The van der Waals surface area contributed by atoms with Crippen LogP contribution in [0.15, 0.2) is 60.7 Å². The van der Waals surface area contributed by atoms with Crippen molar-refractivity contribution in [2.45, 2.75) is 32.2 Å². The third kappa shape index (κ3) is 6.66. The molecule has 32 heavy (non-hydrogen) atoms. The number of nitrogens with one attached hydrogen (secondary N) is 1. The Morgan fingerprint density at radius 1 is 0.844 bits per heavy atom. The number of esters is 2. The van der Waals surface area contributed by atoms with E-state index < -0.39 is 48.1 Å². The van der Waals surface area contributed by atoms with Gasteiger partial charge in [-0.3, -0.25) is 14.4 Å². The zero-order chi connectivity index (χ0) is 23.5. The summed E-state index contributed by atoms with van der Waals surface area (Å²) in [4.78, 5) is 49.8. The third-order valence-corrected chi connectivity index (χ3v) is 4.78. The van der Waals surface area contributed by atoms with Crippen molar-refractivity contribution in [3.63, 3.8) is 0 Å². The smallest absolute Gasteiger partial charge is 0.327 e. The van der Waals surface area contributed by atoms with Gasteiger partial charge in [-0.05, 0) is 25.0 Å². The number of hydrogen-bond donors (Lipinski definition) is 2. The summed E-state index contributed by atoms with van der Waals surface area (Å²) in [6, 6.07) is 16.1. The first kappa shape index (κ1) is 24.6. The van der Waals surface area contributed by atoms with Crippen molar-refractivity contribution in [3.8, 4) is 0 Å². The van der Waals surface area contributed by atoms with Crippen LogP contribution in [0.4, 0.5) is 0 Å². The Morgan fingerprint density at radius 2 is 1.34 bits per heavy atom. The quantitative estimate of drug-likeness (QED) is 0.514. The Kier molecular flexibility index (Phi) is 9.41. The van der Waals surface area contributed by atoms with Crippen LogP contribution >= 0.6 is 0 Å². The normalized spacial score (nSPS) is 12.5. The molecule has 0 aliphatic rings. The highest BCUT2D eigenvalue weighted by molar-refractivity contribution is 5.94. The minimum atomic E-state index is -1.68. The number of aliphatic carboxylic acids is 1. The van der Waals surface area contributed by atoms with Crippen molar-refractivity contribution in [2.75, 3.05) is 13.2 Å². The van der Waals surface area contributed by atoms with Gasteiger partial charge >= 0.3 is 17.9 Å². The fourth-order valence-corrected chi connectivity index (χ4v) is 3.34. The van der Waals surface area contributed by atoms with Gasteiger partial charge in [-0.1, -0.05) is 60.7 Å². The van der Waals surface area contributed by atoms with E-state index in [4.69, 9.17) is 9.47 Å². The minimum absolute atomic E-state index is 0.00486. The summed E-state index contributed by atoms with van der Waals surface area (Å²) in [6.07, 6.45) is -0.536. The average molecular weight is 441 g/mol. The molecule has 2 N–H and O–H groups in total. The van der Waals surface area contributed by atoms with Crippen LogP contribution in [0.5, 0.6) is 0 Å². The minimum Gasteiger partial charge on any atom is -0.480 e. The van der Waals surface area contributed by atoms with Crippen LogP contribution in [-0.4, -0.2) is 48.2 Å². The van der Waals surface area contributed by atoms with Crippen LogP contribution in [-0.2, 0) is 28.7 Å². The first-order valence-corrected chi connectivity index (χ1v) is 10.3. The molecule has 2 aromatic carbocycles. The van der Waals surface area contributed by atoms with Gasteiger partial charge in [-0.2, -0.15) is 0 Å². The number of carbonyl (C=O) groups is 4. The van der Waals surface area contributed by atoms with E-state index in [1.807, 2.05) is 0 Å². The Labute approximate surface area is 186 Å². The second-order valence-corrected chi connectivity index (χ2v) is 6.95. The van der Waals surface area contributed by atoms with Crippen LogP contribution in [0.1, 0.15) is 37.3 Å². The molecule has 0 aromatic heterocycles. The Balaban J connectivity index is 2.38. The van der Waals surface area contributed by atoms with Crippen molar-refractivity contribution in [3.05, 3.63) is 71.8 Å². The highest BCUT2D eigenvalue weighted by Crippen LogP contribution is 2.26. The summed E-state index contributed by atoms with van der Waals surface area (Å²) in [5.41, 5.74) is 1.30. The first-order valence-electron chi connectivity index (χ1n) is 10.3. The van der Waals surface area contributed by atoms with Gasteiger partial charge in [-0.15, -0.1) is 0 Å². The number of hydrogen-bond acceptors (Lipinski definition) is 6. The van der Waals surface area contributed by atoms with Crippen LogP contribution in [0.2, 0.25) is 0 Å². The number of carbonyl (C=O) groups excluding carboxylic acids is 3. The number of amides is 1. The van der Waals surface area contributed by atoms with Gasteiger partial charge < -0.3 is 19.9 Å². The first-order chi connectivity index (χ1) is 15.4. The van der Waals surface area contributed by atoms with Crippen LogP contribution in [0.25, 0.3) is 0 Å². The predicted molar refractivity (Wildman–Crippen MR) is 116 cm³/mol. The van der Waals surface area contributed by atoms with E-state index >= 15 is 0 Å². The molecule has 1 amide bonds. The van der Waals surface area contributed by atoms with Crippen molar-refractivity contribution in [1.29, 1.82) is 0 Å². The third-order valence-electron chi connectivity index (χ3n) is 4.78. The lowest BCUT2D eigenvalue weighted by Gasteiger charge is -2.25. The molecule has 0 saturated heterocycles. The molecule has 0 saturated carbocycles. The van der Waals surface area contributed by atoms with E-state index in [0.717, 1.165) is 0 Å². The highest BCUT2D eigenvalue weighted by Gasteiger charge is 2.39. The Hall–Kier alpha value is -3.68. The Bertz CT molecular complexity index is 875. The molecular weight excluding hydrogens is 414 g/mol. The van der Waals surface area contributed by atoms with Gasteiger partial charge in [0.2, 0.25) is 5.91 Å². The van der Waals surface area contributed by atoms with Gasteiger partial charge in [0.25, 0.3) is 0 Å². The van der Waals surface area contributed by atoms with E-state index in [9.17, 15) is 24.3 Å². The highest BCUT2D eigenvalue weighted by atomic mass is 16.5. The van der Waals surface area contributed by atoms with Gasteiger partial charge in [0.1, 0.15) is 6.04 Å². The number of benzene rings is 2. The summed E-state index contributed by atoms with van der Waals surface area (Å²) in [6.45, 7) is 3.23. The maximum absolute atomic E-state index is 13.3. The van der Waals surface area contributed by atoms with E-state index in [2.05, 4.69) is 5.32 Å². The maximum Gasteiger partial charge on any atom is 0.327 e. The zero-order valence-electron chi connectivity index (χ0n) is 18.0. The number of rotatable bonds is 11. The van der Waals surface area contributed by atoms with Gasteiger partial charge in [-0.25, -0.2) is 4.79 Å². The SMILES string of the molecule is CCOC(=O)C[C@@H](C(=O)OCC)[C@@H](NC(=O)C(c1ccccc1)c1ccccc1)C(=O)O. The van der Waals surface area contributed by atoms with Crippen molar-refractivity contribution in [2.24, 2.45) is 5.92 Å². The molecular formula is C24H27NO7. The molecule has 0 fully saturated rings. The standard InChI is InChI=1S/C24H27NO7/c1-3-31-19(26)15-18(24(30)32-4-2)21(23(28)29)25-22(27)20(16-11-7-5-8-12-16)17-13-9-6-10-14-17/h5-14,18,20-21H,3-4,15H2,1-2H3,(H,25,27)(H,28,29)/t18-,21-/m1/s1. The molecule has 2 rings (SSSR count). The van der Waals surface area contributed by atoms with Crippen LogP contribution < -0.4 is 5.32 Å². The van der Waals surface area contributed by atoms with E-state index in [1.165, 1.54) is 0 Å². The summed E-state index contributed by atoms with van der Waals surface area (Å²) >= 11 is 0. The molecule has 0 bridgehead atoms. The number of ether oxygens (including phenoxy) is 2. The van der Waals surface area contributed by atoms with E-state index in [-0.39, 0.29) is 13.2 Å². The number of carboxylic acid groups (broad SMARTS) is 1. The zero-order valence-corrected chi connectivity index (χ0v) is 18.0. The molecule has 8 heteroatoms. The molecule has 0 unspecified atom stereocenters. The van der Waals surface area contributed by atoms with E-state index in [1.54, 1.807) is 74.5 Å². The molecule has 8 nitrogen and oxygen atoms in total. The molecule has 2 atom stereocenters. The second-order valence-electron chi connectivity index (χ2n) is 6.95. The molecule has 2 aromatic rings. The van der Waals surface area contributed by atoms with Crippen LogP contribution in [0.3, 0.4) is 0 Å². The topological polar surface area (TPSA) is 119 Å². The molecule has 0 aliphatic heterocycles. The van der Waals surface area contributed by atoms with Crippen LogP contribution in [0, 0.1) is 5.92 Å². The molecule has 0 heterocycles. The molecule has 0 spiro atoms. The second kappa shape index (κ2) is 12.2.